The topological polar surface area (TPSA) is 117 Å². The van der Waals surface area contributed by atoms with E-state index in [4.69, 9.17) is 4.74 Å². The van der Waals surface area contributed by atoms with Crippen molar-refractivity contribution < 1.29 is 23.1 Å². The quantitative estimate of drug-likeness (QED) is 0.569. The number of carbonyl (C=O) groups excluding carboxylic acids is 2. The van der Waals surface area contributed by atoms with E-state index in [1.807, 2.05) is 0 Å². The average Bonchev–Trinajstić information content (AvgIpc) is 2.83. The highest BCUT2D eigenvalue weighted by Gasteiger charge is 2.30. The number of amides is 2. The van der Waals surface area contributed by atoms with Crippen LogP contribution in [-0.2, 0) is 4.79 Å². The molecule has 0 aliphatic carbocycles. The van der Waals surface area contributed by atoms with Crippen LogP contribution in [0.3, 0.4) is 0 Å². The zero-order chi connectivity index (χ0) is 24.2. The molecule has 2 aromatic heterocycles. The molecule has 4 rings (SSSR count). The summed E-state index contributed by atoms with van der Waals surface area (Å²) in [5.74, 6) is -2.54. The molecule has 0 bridgehead atoms. The summed E-state index contributed by atoms with van der Waals surface area (Å²) in [6.07, 6.45) is 2.38. The fourth-order valence-corrected chi connectivity index (χ4v) is 3.80. The Morgan fingerprint density at radius 3 is 2.74 bits per heavy atom. The molecule has 2 N–H and O–H groups in total. The van der Waals surface area contributed by atoms with Gasteiger partial charge in [0.1, 0.15) is 23.5 Å². The Morgan fingerprint density at radius 1 is 1.26 bits per heavy atom. The van der Waals surface area contributed by atoms with E-state index in [0.29, 0.717) is 37.9 Å². The van der Waals surface area contributed by atoms with Crippen LogP contribution in [0, 0.1) is 11.6 Å². The Labute approximate surface area is 193 Å². The van der Waals surface area contributed by atoms with Gasteiger partial charge in [-0.2, -0.15) is 0 Å². The third-order valence-electron chi connectivity index (χ3n) is 5.63. The number of fused-ring (bicyclic) bond motifs is 1. The van der Waals surface area contributed by atoms with Gasteiger partial charge in [0.25, 0.3) is 11.5 Å². The Morgan fingerprint density at radius 2 is 2.03 bits per heavy atom. The number of rotatable bonds is 6. The second kappa shape index (κ2) is 9.94. The number of pyridine rings is 1. The van der Waals surface area contributed by atoms with E-state index in [2.05, 4.69) is 20.3 Å². The third kappa shape index (κ3) is 5.03. The van der Waals surface area contributed by atoms with Gasteiger partial charge in [-0.15, -0.1) is 0 Å². The molecule has 178 valence electrons. The van der Waals surface area contributed by atoms with Crippen LogP contribution in [0.25, 0.3) is 11.2 Å². The first-order chi connectivity index (χ1) is 16.4. The number of nitrogens with zero attached hydrogens (tertiary/aromatic N) is 3. The predicted octanol–water partition coefficient (Wildman–Crippen LogP) is 2.17. The van der Waals surface area contributed by atoms with Crippen LogP contribution in [0.15, 0.2) is 41.3 Å². The van der Waals surface area contributed by atoms with Crippen LogP contribution in [-0.4, -0.2) is 56.9 Å². The lowest BCUT2D eigenvalue weighted by Gasteiger charge is -2.34. The second-order valence-corrected chi connectivity index (χ2v) is 7.94. The van der Waals surface area contributed by atoms with Crippen LogP contribution < -0.4 is 15.6 Å². The molecule has 34 heavy (non-hydrogen) atoms. The summed E-state index contributed by atoms with van der Waals surface area (Å²) in [4.78, 5) is 50.2. The molecule has 0 unspecified atom stereocenters. The van der Waals surface area contributed by atoms with E-state index >= 15 is 0 Å². The number of halogens is 2. The van der Waals surface area contributed by atoms with Crippen LogP contribution in [0.4, 0.5) is 8.78 Å². The lowest BCUT2D eigenvalue weighted by atomic mass is 10.1. The SMILES string of the molecule is CC[C@H](NC(=O)c1nc2cccnc2[nH]c1=O)C(=O)N1CCC(Oc2ccc(F)cc2F)CC1. The minimum Gasteiger partial charge on any atom is -0.487 e. The monoisotopic (exact) mass is 471 g/mol. The Balaban J connectivity index is 1.37. The number of aromatic nitrogens is 3. The summed E-state index contributed by atoms with van der Waals surface area (Å²) in [5, 5.41) is 2.60. The number of hydrogen-bond donors (Lipinski definition) is 2. The molecular formula is C23H23F2N5O4. The smallest absolute Gasteiger partial charge is 0.281 e. The predicted molar refractivity (Wildman–Crippen MR) is 118 cm³/mol. The van der Waals surface area contributed by atoms with E-state index in [-0.39, 0.29) is 29.1 Å². The molecule has 0 saturated carbocycles. The van der Waals surface area contributed by atoms with Crippen molar-refractivity contribution in [2.75, 3.05) is 13.1 Å². The number of carbonyl (C=O) groups is 2. The molecule has 1 fully saturated rings. The van der Waals surface area contributed by atoms with Gasteiger partial charge in [-0.1, -0.05) is 6.92 Å². The van der Waals surface area contributed by atoms with Gasteiger partial charge in [0, 0.05) is 38.2 Å². The summed E-state index contributed by atoms with van der Waals surface area (Å²) in [6, 6.07) is 5.52. The highest BCUT2D eigenvalue weighted by Crippen LogP contribution is 2.23. The summed E-state index contributed by atoms with van der Waals surface area (Å²) in [7, 11) is 0. The van der Waals surface area contributed by atoms with Gasteiger partial charge < -0.3 is 19.9 Å². The van der Waals surface area contributed by atoms with Crippen molar-refractivity contribution in [1.29, 1.82) is 0 Å². The summed E-state index contributed by atoms with van der Waals surface area (Å²) in [5.41, 5.74) is -0.429. The van der Waals surface area contributed by atoms with E-state index in [9.17, 15) is 23.2 Å². The molecule has 1 atom stereocenters. The highest BCUT2D eigenvalue weighted by atomic mass is 19.1. The Hall–Kier alpha value is -3.89. The molecule has 0 radical (unpaired) electrons. The number of hydrogen-bond acceptors (Lipinski definition) is 6. The third-order valence-corrected chi connectivity index (χ3v) is 5.63. The molecule has 9 nitrogen and oxygen atoms in total. The maximum atomic E-state index is 13.8. The lowest BCUT2D eigenvalue weighted by molar-refractivity contribution is -0.135. The van der Waals surface area contributed by atoms with E-state index in [1.54, 1.807) is 24.0 Å². The first-order valence-electron chi connectivity index (χ1n) is 10.9. The van der Waals surface area contributed by atoms with Crippen LogP contribution in [0.5, 0.6) is 5.75 Å². The second-order valence-electron chi connectivity index (χ2n) is 7.94. The molecular weight excluding hydrogens is 448 g/mol. The van der Waals surface area contributed by atoms with Crippen molar-refractivity contribution in [2.45, 2.75) is 38.3 Å². The van der Waals surface area contributed by atoms with Crippen molar-refractivity contribution in [1.82, 2.24) is 25.2 Å². The number of nitrogens with one attached hydrogen (secondary N) is 2. The van der Waals surface area contributed by atoms with Gasteiger partial charge >= 0.3 is 0 Å². The minimum atomic E-state index is -0.842. The van der Waals surface area contributed by atoms with Crippen molar-refractivity contribution in [3.63, 3.8) is 0 Å². The van der Waals surface area contributed by atoms with Crippen molar-refractivity contribution >= 4 is 23.0 Å². The van der Waals surface area contributed by atoms with E-state index in [1.165, 1.54) is 12.3 Å². The largest absolute Gasteiger partial charge is 0.487 e. The van der Waals surface area contributed by atoms with E-state index in [0.717, 1.165) is 12.1 Å². The van der Waals surface area contributed by atoms with Gasteiger partial charge in [0.05, 0.1) is 0 Å². The standard InChI is InChI=1S/C23H23F2N5O4/c1-2-16(28-21(31)19-22(32)29-20-17(27-19)4-3-9-26-20)23(33)30-10-7-14(8-11-30)34-18-6-5-13(24)12-15(18)25/h3-6,9,12,14,16H,2,7-8,10-11H2,1H3,(H,28,31)(H,26,29,32)/t16-/m0/s1. The molecule has 11 heteroatoms. The zero-order valence-electron chi connectivity index (χ0n) is 18.4. The first kappa shape index (κ1) is 23.3. The van der Waals surface area contributed by atoms with Gasteiger partial charge in [-0.05, 0) is 30.7 Å². The number of likely N-dealkylation sites (tertiary alicyclic amines) is 1. The van der Waals surface area contributed by atoms with Crippen molar-refractivity contribution in [3.05, 3.63) is 64.2 Å². The highest BCUT2D eigenvalue weighted by molar-refractivity contribution is 5.96. The van der Waals surface area contributed by atoms with Gasteiger partial charge in [-0.3, -0.25) is 14.4 Å². The fourth-order valence-electron chi connectivity index (χ4n) is 3.80. The molecule has 1 saturated heterocycles. The number of aromatic amines is 1. The normalized spacial score (nSPS) is 15.2. The average molecular weight is 471 g/mol. The van der Waals surface area contributed by atoms with Gasteiger partial charge in [0.15, 0.2) is 22.9 Å². The molecule has 3 heterocycles. The number of piperidine rings is 1. The fraction of sp³-hybridized carbons (Fsp3) is 0.348. The summed E-state index contributed by atoms with van der Waals surface area (Å²) >= 11 is 0. The number of H-pyrrole nitrogens is 1. The summed E-state index contributed by atoms with van der Waals surface area (Å²) in [6.45, 7) is 2.44. The van der Waals surface area contributed by atoms with Crippen LogP contribution in [0.1, 0.15) is 36.7 Å². The molecule has 0 spiro atoms. The van der Waals surface area contributed by atoms with E-state index < -0.39 is 29.1 Å². The maximum Gasteiger partial charge on any atom is 0.281 e. The molecule has 1 aliphatic heterocycles. The Kier molecular flexibility index (Phi) is 6.80. The summed E-state index contributed by atoms with van der Waals surface area (Å²) < 4.78 is 32.5. The number of ether oxygens (including phenoxy) is 1. The maximum absolute atomic E-state index is 13.8. The zero-order valence-corrected chi connectivity index (χ0v) is 18.4. The number of benzene rings is 1. The molecule has 2 amide bonds. The Bertz CT molecular complexity index is 1270. The van der Waals surface area contributed by atoms with Crippen molar-refractivity contribution in [3.8, 4) is 5.75 Å². The van der Waals surface area contributed by atoms with Crippen LogP contribution in [0.2, 0.25) is 0 Å². The minimum absolute atomic E-state index is 0.0341. The van der Waals surface area contributed by atoms with Gasteiger partial charge in [0.2, 0.25) is 5.91 Å². The first-order valence-corrected chi connectivity index (χ1v) is 10.9. The van der Waals surface area contributed by atoms with Crippen LogP contribution >= 0.6 is 0 Å². The molecule has 3 aromatic rings. The lowest BCUT2D eigenvalue weighted by Crippen LogP contribution is -2.52. The van der Waals surface area contributed by atoms with Gasteiger partial charge in [-0.25, -0.2) is 18.7 Å². The molecule has 1 aromatic carbocycles. The molecule has 1 aliphatic rings. The van der Waals surface area contributed by atoms with Crippen molar-refractivity contribution in [2.24, 2.45) is 0 Å².